The van der Waals surface area contributed by atoms with Gasteiger partial charge in [0.05, 0.1) is 0 Å². The molecule has 2 atom stereocenters. The summed E-state index contributed by atoms with van der Waals surface area (Å²) in [6, 6.07) is 0.181. The molecule has 1 amide bonds. The van der Waals surface area contributed by atoms with Crippen molar-refractivity contribution in [2.45, 2.75) is 66.0 Å². The SMILES string of the molecule is CCCC(C)NC(=O)CC(N)C(C)(C)C. The van der Waals surface area contributed by atoms with Gasteiger partial charge < -0.3 is 11.1 Å². The van der Waals surface area contributed by atoms with Gasteiger partial charge in [-0.3, -0.25) is 4.79 Å². The summed E-state index contributed by atoms with van der Waals surface area (Å²) >= 11 is 0. The molecule has 0 saturated carbocycles. The van der Waals surface area contributed by atoms with Crippen LogP contribution in [-0.2, 0) is 4.79 Å². The van der Waals surface area contributed by atoms with Crippen LogP contribution in [0.1, 0.15) is 53.9 Å². The van der Waals surface area contributed by atoms with Crippen molar-refractivity contribution in [1.29, 1.82) is 0 Å². The molecule has 0 fully saturated rings. The second kappa shape index (κ2) is 6.11. The van der Waals surface area contributed by atoms with Crippen molar-refractivity contribution in [2.24, 2.45) is 11.1 Å². The molecule has 2 unspecified atom stereocenters. The predicted molar refractivity (Wildman–Crippen MR) is 64.6 cm³/mol. The molecule has 0 aliphatic heterocycles. The van der Waals surface area contributed by atoms with E-state index in [1.807, 2.05) is 6.92 Å². The minimum Gasteiger partial charge on any atom is -0.354 e. The molecule has 3 N–H and O–H groups in total. The highest BCUT2D eigenvalue weighted by molar-refractivity contribution is 5.76. The first-order valence-electron chi connectivity index (χ1n) is 5.82. The molecule has 0 saturated heterocycles. The van der Waals surface area contributed by atoms with Crippen molar-refractivity contribution in [3.63, 3.8) is 0 Å². The van der Waals surface area contributed by atoms with Crippen LogP contribution in [0.3, 0.4) is 0 Å². The molecule has 0 heterocycles. The predicted octanol–water partition coefficient (Wildman–Crippen LogP) is 2.05. The van der Waals surface area contributed by atoms with Crippen LogP contribution in [0.4, 0.5) is 0 Å². The largest absolute Gasteiger partial charge is 0.354 e. The molecule has 90 valence electrons. The second-order valence-electron chi connectivity index (χ2n) is 5.43. The Morgan fingerprint density at radius 2 is 1.93 bits per heavy atom. The zero-order chi connectivity index (χ0) is 12.1. The van der Waals surface area contributed by atoms with Crippen LogP contribution in [0.15, 0.2) is 0 Å². The van der Waals surface area contributed by atoms with Crippen LogP contribution < -0.4 is 11.1 Å². The molecule has 0 spiro atoms. The molecule has 3 nitrogen and oxygen atoms in total. The van der Waals surface area contributed by atoms with E-state index in [4.69, 9.17) is 5.73 Å². The number of carbonyl (C=O) groups is 1. The number of hydrogen-bond acceptors (Lipinski definition) is 2. The van der Waals surface area contributed by atoms with Crippen molar-refractivity contribution in [2.75, 3.05) is 0 Å². The van der Waals surface area contributed by atoms with E-state index >= 15 is 0 Å². The van der Waals surface area contributed by atoms with E-state index in [9.17, 15) is 4.79 Å². The Morgan fingerprint density at radius 3 is 2.33 bits per heavy atom. The Bertz CT molecular complexity index is 196. The first-order chi connectivity index (χ1) is 6.77. The zero-order valence-corrected chi connectivity index (χ0v) is 10.8. The normalized spacial score (nSPS) is 15.9. The van der Waals surface area contributed by atoms with E-state index in [1.165, 1.54) is 0 Å². The quantitative estimate of drug-likeness (QED) is 0.736. The molecule has 0 rings (SSSR count). The van der Waals surface area contributed by atoms with Gasteiger partial charge in [0.2, 0.25) is 5.91 Å². The van der Waals surface area contributed by atoms with E-state index < -0.39 is 0 Å². The number of nitrogens with one attached hydrogen (secondary N) is 1. The first-order valence-corrected chi connectivity index (χ1v) is 5.82. The Kier molecular flexibility index (Phi) is 5.88. The van der Waals surface area contributed by atoms with Crippen molar-refractivity contribution in [1.82, 2.24) is 5.32 Å². The van der Waals surface area contributed by atoms with Crippen molar-refractivity contribution in [3.05, 3.63) is 0 Å². The molecule has 0 aromatic carbocycles. The monoisotopic (exact) mass is 214 g/mol. The third kappa shape index (κ3) is 6.50. The highest BCUT2D eigenvalue weighted by atomic mass is 16.1. The van der Waals surface area contributed by atoms with E-state index in [1.54, 1.807) is 0 Å². The molecule has 0 aliphatic carbocycles. The second-order valence-corrected chi connectivity index (χ2v) is 5.43. The summed E-state index contributed by atoms with van der Waals surface area (Å²) in [5.41, 5.74) is 5.93. The zero-order valence-electron chi connectivity index (χ0n) is 10.8. The Balaban J connectivity index is 3.94. The van der Waals surface area contributed by atoms with E-state index in [2.05, 4.69) is 33.0 Å². The van der Waals surface area contributed by atoms with Gasteiger partial charge in [0, 0.05) is 18.5 Å². The van der Waals surface area contributed by atoms with Crippen LogP contribution in [0, 0.1) is 5.41 Å². The maximum absolute atomic E-state index is 11.6. The van der Waals surface area contributed by atoms with Crippen LogP contribution in [-0.4, -0.2) is 18.0 Å². The average molecular weight is 214 g/mol. The highest BCUT2D eigenvalue weighted by Gasteiger charge is 2.23. The summed E-state index contributed by atoms with van der Waals surface area (Å²) in [7, 11) is 0. The van der Waals surface area contributed by atoms with Gasteiger partial charge in [0.25, 0.3) is 0 Å². The standard InChI is InChI=1S/C12H26N2O/c1-6-7-9(2)14-11(15)8-10(13)12(3,4)5/h9-10H,6-8,13H2,1-5H3,(H,14,15). The molecule has 0 radical (unpaired) electrons. The molecule has 0 aliphatic rings. The molecule has 3 heteroatoms. The van der Waals surface area contributed by atoms with Crippen LogP contribution in [0.25, 0.3) is 0 Å². The number of hydrogen-bond donors (Lipinski definition) is 2. The van der Waals surface area contributed by atoms with Crippen molar-refractivity contribution in [3.8, 4) is 0 Å². The minimum atomic E-state index is -0.0775. The van der Waals surface area contributed by atoms with Crippen molar-refractivity contribution >= 4 is 5.91 Å². The fraction of sp³-hybridized carbons (Fsp3) is 0.917. The van der Waals surface area contributed by atoms with Gasteiger partial charge in [-0.05, 0) is 18.8 Å². The first kappa shape index (κ1) is 14.4. The van der Waals surface area contributed by atoms with E-state index in [0.29, 0.717) is 6.42 Å². The molecule has 0 aromatic heterocycles. The molecule has 0 bridgehead atoms. The number of rotatable bonds is 5. The lowest BCUT2D eigenvalue weighted by Gasteiger charge is -2.27. The maximum atomic E-state index is 11.6. The third-order valence-corrected chi connectivity index (χ3v) is 2.65. The van der Waals surface area contributed by atoms with Gasteiger partial charge in [0.1, 0.15) is 0 Å². The highest BCUT2D eigenvalue weighted by Crippen LogP contribution is 2.19. The van der Waals surface area contributed by atoms with Gasteiger partial charge in [-0.15, -0.1) is 0 Å². The Hall–Kier alpha value is -0.570. The summed E-state index contributed by atoms with van der Waals surface area (Å²) in [5.74, 6) is 0.0679. The summed E-state index contributed by atoms with van der Waals surface area (Å²) in [6.07, 6.45) is 2.53. The molecular formula is C12H26N2O. The average Bonchev–Trinajstić information content (AvgIpc) is 2.01. The van der Waals surface area contributed by atoms with Gasteiger partial charge in [-0.25, -0.2) is 0 Å². The fourth-order valence-electron chi connectivity index (χ4n) is 1.34. The fourth-order valence-corrected chi connectivity index (χ4v) is 1.34. The van der Waals surface area contributed by atoms with Gasteiger partial charge in [0.15, 0.2) is 0 Å². The lowest BCUT2D eigenvalue weighted by atomic mass is 9.85. The van der Waals surface area contributed by atoms with Crippen LogP contribution in [0.5, 0.6) is 0 Å². The number of carbonyl (C=O) groups excluding carboxylic acids is 1. The summed E-state index contributed by atoms with van der Waals surface area (Å²) in [4.78, 5) is 11.6. The maximum Gasteiger partial charge on any atom is 0.221 e. The Morgan fingerprint density at radius 1 is 1.40 bits per heavy atom. The molecular weight excluding hydrogens is 188 g/mol. The summed E-state index contributed by atoms with van der Waals surface area (Å²) < 4.78 is 0. The van der Waals surface area contributed by atoms with E-state index in [-0.39, 0.29) is 23.4 Å². The van der Waals surface area contributed by atoms with Gasteiger partial charge in [-0.2, -0.15) is 0 Å². The smallest absolute Gasteiger partial charge is 0.221 e. The van der Waals surface area contributed by atoms with Crippen LogP contribution >= 0.6 is 0 Å². The lowest BCUT2D eigenvalue weighted by molar-refractivity contribution is -0.122. The topological polar surface area (TPSA) is 55.1 Å². The summed E-state index contributed by atoms with van der Waals surface area (Å²) in [5, 5.41) is 2.96. The molecule has 15 heavy (non-hydrogen) atoms. The number of amides is 1. The third-order valence-electron chi connectivity index (χ3n) is 2.65. The Labute approximate surface area is 93.8 Å². The van der Waals surface area contributed by atoms with Gasteiger partial charge in [-0.1, -0.05) is 34.1 Å². The van der Waals surface area contributed by atoms with Crippen molar-refractivity contribution < 1.29 is 4.79 Å². The van der Waals surface area contributed by atoms with Gasteiger partial charge >= 0.3 is 0 Å². The molecule has 0 aromatic rings. The lowest BCUT2D eigenvalue weighted by Crippen LogP contribution is -2.42. The number of nitrogens with two attached hydrogens (primary N) is 1. The van der Waals surface area contributed by atoms with E-state index in [0.717, 1.165) is 12.8 Å². The minimum absolute atomic E-state index is 0.00860. The van der Waals surface area contributed by atoms with Crippen LogP contribution in [0.2, 0.25) is 0 Å². The summed E-state index contributed by atoms with van der Waals surface area (Å²) in [6.45, 7) is 10.3.